The first-order valence-corrected chi connectivity index (χ1v) is 6.81. The van der Waals surface area contributed by atoms with E-state index in [4.69, 9.17) is 16.3 Å². The number of halogens is 1. The molecule has 20 heavy (non-hydrogen) atoms. The second-order valence-corrected chi connectivity index (χ2v) is 4.35. The number of nitrogens with zero attached hydrogens (tertiary/aromatic N) is 1. The van der Waals surface area contributed by atoms with Crippen LogP contribution in [0.25, 0.3) is 0 Å². The van der Waals surface area contributed by atoms with Crippen molar-refractivity contribution in [3.8, 4) is 5.75 Å². The van der Waals surface area contributed by atoms with Gasteiger partial charge in [-0.15, -0.1) is 11.6 Å². The van der Waals surface area contributed by atoms with Crippen molar-refractivity contribution in [1.29, 1.82) is 0 Å². The molecule has 0 bridgehead atoms. The number of rotatable bonds is 5. The van der Waals surface area contributed by atoms with Crippen LogP contribution < -0.4 is 10.1 Å². The summed E-state index contributed by atoms with van der Waals surface area (Å²) in [5.74, 6) is 0.905. The second-order valence-electron chi connectivity index (χ2n) is 4.08. The largest absolute Gasteiger partial charge is 0.494 e. The third-order valence-electron chi connectivity index (χ3n) is 2.65. The molecule has 0 radical (unpaired) electrons. The lowest BCUT2D eigenvalue weighted by Gasteiger charge is -2.07. The summed E-state index contributed by atoms with van der Waals surface area (Å²) in [6.45, 7) is 2.54. The fraction of sp³-hybridized carbons (Fsp3) is 0.200. The molecule has 5 heteroatoms. The highest BCUT2D eigenvalue weighted by molar-refractivity contribution is 6.16. The van der Waals surface area contributed by atoms with Gasteiger partial charge in [-0.3, -0.25) is 9.78 Å². The van der Waals surface area contributed by atoms with E-state index >= 15 is 0 Å². The number of nitrogens with one attached hydrogen (secondary N) is 1. The average Bonchev–Trinajstić information content (AvgIpc) is 2.49. The maximum absolute atomic E-state index is 12.0. The Morgan fingerprint density at radius 1 is 1.25 bits per heavy atom. The number of carbonyl (C=O) groups is 1. The number of amides is 1. The molecule has 0 spiro atoms. The van der Waals surface area contributed by atoms with Crippen molar-refractivity contribution in [2.24, 2.45) is 0 Å². The Labute approximate surface area is 122 Å². The van der Waals surface area contributed by atoms with Crippen LogP contribution in [0.3, 0.4) is 0 Å². The van der Waals surface area contributed by atoms with Crippen LogP contribution in [0.1, 0.15) is 23.0 Å². The molecule has 1 heterocycles. The number of ether oxygens (including phenoxy) is 1. The lowest BCUT2D eigenvalue weighted by Crippen LogP contribution is -2.12. The van der Waals surface area contributed by atoms with Gasteiger partial charge in [0, 0.05) is 11.9 Å². The molecule has 1 amide bonds. The van der Waals surface area contributed by atoms with Crippen molar-refractivity contribution in [3.63, 3.8) is 0 Å². The molecule has 0 aliphatic heterocycles. The number of hydrogen-bond acceptors (Lipinski definition) is 3. The highest BCUT2D eigenvalue weighted by Gasteiger charge is 2.06. The minimum absolute atomic E-state index is 0.206. The summed E-state index contributed by atoms with van der Waals surface area (Å²) in [5, 5.41) is 2.80. The molecule has 2 rings (SSSR count). The second kappa shape index (κ2) is 6.91. The minimum atomic E-state index is -0.206. The summed E-state index contributed by atoms with van der Waals surface area (Å²) in [6.07, 6.45) is 1.52. The monoisotopic (exact) mass is 290 g/mol. The highest BCUT2D eigenvalue weighted by Crippen LogP contribution is 2.16. The van der Waals surface area contributed by atoms with Gasteiger partial charge >= 0.3 is 0 Å². The first-order chi connectivity index (χ1) is 9.72. The van der Waals surface area contributed by atoms with Gasteiger partial charge in [-0.1, -0.05) is 0 Å². The number of anilines is 1. The Balaban J connectivity index is 2.02. The minimum Gasteiger partial charge on any atom is -0.494 e. The summed E-state index contributed by atoms with van der Waals surface area (Å²) in [5.41, 5.74) is 1.94. The van der Waals surface area contributed by atoms with Gasteiger partial charge in [0.25, 0.3) is 5.91 Å². The maximum Gasteiger partial charge on any atom is 0.257 e. The van der Waals surface area contributed by atoms with Crippen molar-refractivity contribution < 1.29 is 9.53 Å². The number of benzene rings is 1. The van der Waals surface area contributed by atoms with E-state index in [1.165, 1.54) is 6.20 Å². The van der Waals surface area contributed by atoms with Gasteiger partial charge in [-0.25, -0.2) is 0 Å². The van der Waals surface area contributed by atoms with Gasteiger partial charge in [-0.2, -0.15) is 0 Å². The van der Waals surface area contributed by atoms with Gasteiger partial charge in [0.1, 0.15) is 5.75 Å². The molecular formula is C15H15ClN2O2. The number of carbonyl (C=O) groups excluding carboxylic acids is 1. The van der Waals surface area contributed by atoms with E-state index in [1.54, 1.807) is 24.3 Å². The standard InChI is InChI=1S/C15H15ClN2O2/c1-2-20-14-7-5-12(6-8-14)18-15(19)11-3-4-13(9-16)17-10-11/h3-8,10H,2,9H2,1H3,(H,18,19). The van der Waals surface area contributed by atoms with Crippen LogP contribution in [-0.4, -0.2) is 17.5 Å². The Morgan fingerprint density at radius 3 is 2.55 bits per heavy atom. The van der Waals surface area contributed by atoms with Crippen LogP contribution in [0.4, 0.5) is 5.69 Å². The van der Waals surface area contributed by atoms with E-state index in [0.29, 0.717) is 23.7 Å². The summed E-state index contributed by atoms with van der Waals surface area (Å²) in [4.78, 5) is 16.1. The SMILES string of the molecule is CCOc1ccc(NC(=O)c2ccc(CCl)nc2)cc1. The first kappa shape index (κ1) is 14.3. The normalized spacial score (nSPS) is 10.1. The Hall–Kier alpha value is -2.07. The molecule has 1 N–H and O–H groups in total. The Kier molecular flexibility index (Phi) is 4.96. The molecule has 1 aromatic heterocycles. The predicted molar refractivity (Wildman–Crippen MR) is 79.4 cm³/mol. The third kappa shape index (κ3) is 3.71. The highest BCUT2D eigenvalue weighted by atomic mass is 35.5. The molecule has 0 saturated carbocycles. The lowest BCUT2D eigenvalue weighted by molar-refractivity contribution is 0.102. The zero-order valence-electron chi connectivity index (χ0n) is 11.1. The lowest BCUT2D eigenvalue weighted by atomic mass is 10.2. The van der Waals surface area contributed by atoms with Crippen molar-refractivity contribution >= 4 is 23.2 Å². The van der Waals surface area contributed by atoms with E-state index in [0.717, 1.165) is 11.4 Å². The van der Waals surface area contributed by atoms with E-state index in [-0.39, 0.29) is 5.91 Å². The quantitative estimate of drug-likeness (QED) is 0.858. The van der Waals surface area contributed by atoms with Crippen LogP contribution in [0, 0.1) is 0 Å². The average molecular weight is 291 g/mol. The van der Waals surface area contributed by atoms with E-state index in [1.807, 2.05) is 19.1 Å². The molecule has 2 aromatic rings. The van der Waals surface area contributed by atoms with Crippen molar-refractivity contribution in [2.75, 3.05) is 11.9 Å². The van der Waals surface area contributed by atoms with Crippen LogP contribution in [-0.2, 0) is 5.88 Å². The van der Waals surface area contributed by atoms with Crippen LogP contribution >= 0.6 is 11.6 Å². The predicted octanol–water partition coefficient (Wildman–Crippen LogP) is 3.47. The van der Waals surface area contributed by atoms with E-state index < -0.39 is 0 Å². The maximum atomic E-state index is 12.0. The summed E-state index contributed by atoms with van der Waals surface area (Å²) in [6, 6.07) is 10.7. The van der Waals surface area contributed by atoms with Crippen molar-refractivity contribution in [3.05, 3.63) is 53.9 Å². The van der Waals surface area contributed by atoms with Gasteiger partial charge in [0.05, 0.1) is 23.7 Å². The van der Waals surface area contributed by atoms with Gasteiger partial charge < -0.3 is 10.1 Å². The zero-order valence-corrected chi connectivity index (χ0v) is 11.9. The number of alkyl halides is 1. The topological polar surface area (TPSA) is 51.2 Å². The smallest absolute Gasteiger partial charge is 0.257 e. The third-order valence-corrected chi connectivity index (χ3v) is 2.92. The number of aromatic nitrogens is 1. The molecule has 0 atom stereocenters. The summed E-state index contributed by atoms with van der Waals surface area (Å²) >= 11 is 5.65. The number of pyridine rings is 1. The summed E-state index contributed by atoms with van der Waals surface area (Å²) < 4.78 is 5.34. The van der Waals surface area contributed by atoms with Crippen LogP contribution in [0.15, 0.2) is 42.6 Å². The molecule has 1 aromatic carbocycles. The molecule has 104 valence electrons. The summed E-state index contributed by atoms with van der Waals surface area (Å²) in [7, 11) is 0. The Bertz CT molecular complexity index is 567. The molecular weight excluding hydrogens is 276 g/mol. The van der Waals surface area contributed by atoms with Crippen molar-refractivity contribution in [2.45, 2.75) is 12.8 Å². The molecule has 0 aliphatic carbocycles. The van der Waals surface area contributed by atoms with Gasteiger partial charge in [-0.05, 0) is 43.3 Å². The van der Waals surface area contributed by atoms with Crippen LogP contribution in [0.2, 0.25) is 0 Å². The zero-order chi connectivity index (χ0) is 14.4. The molecule has 0 aliphatic rings. The molecule has 0 saturated heterocycles. The van der Waals surface area contributed by atoms with Gasteiger partial charge in [0.2, 0.25) is 0 Å². The molecule has 0 unspecified atom stereocenters. The molecule has 4 nitrogen and oxygen atoms in total. The fourth-order valence-electron chi connectivity index (χ4n) is 1.64. The van der Waals surface area contributed by atoms with E-state index in [2.05, 4.69) is 10.3 Å². The Morgan fingerprint density at radius 2 is 2.00 bits per heavy atom. The van der Waals surface area contributed by atoms with Gasteiger partial charge in [0.15, 0.2) is 0 Å². The van der Waals surface area contributed by atoms with E-state index in [9.17, 15) is 4.79 Å². The fourth-order valence-corrected chi connectivity index (χ4v) is 1.80. The molecule has 0 fully saturated rings. The first-order valence-electron chi connectivity index (χ1n) is 6.28. The number of hydrogen-bond donors (Lipinski definition) is 1. The van der Waals surface area contributed by atoms with Crippen molar-refractivity contribution in [1.82, 2.24) is 4.98 Å². The van der Waals surface area contributed by atoms with Crippen LogP contribution in [0.5, 0.6) is 5.75 Å².